The Labute approximate surface area is 123 Å². The molecule has 0 saturated heterocycles. The molecule has 1 aliphatic rings. The molecule has 1 heterocycles. The number of carbonyl (C=O) groups is 1. The highest BCUT2D eigenvalue weighted by Gasteiger charge is 2.33. The van der Waals surface area contributed by atoms with E-state index in [0.29, 0.717) is 0 Å². The van der Waals surface area contributed by atoms with E-state index >= 15 is 0 Å². The Bertz CT molecular complexity index is 638. The molecule has 4 heteroatoms. The smallest absolute Gasteiger partial charge is 0.320 e. The largest absolute Gasteiger partial charge is 0.480 e. The summed E-state index contributed by atoms with van der Waals surface area (Å²) in [6.45, 7) is 1.70. The van der Waals surface area contributed by atoms with Gasteiger partial charge >= 0.3 is 5.97 Å². The molecule has 0 bridgehead atoms. The molecular formula is C17H17NO3. The lowest BCUT2D eigenvalue weighted by molar-refractivity contribution is -0.142. The summed E-state index contributed by atoms with van der Waals surface area (Å²) < 4.78 is 5.92. The van der Waals surface area contributed by atoms with E-state index in [1.54, 1.807) is 6.92 Å². The number of para-hydroxylation sites is 2. The fraction of sp³-hybridized carbons (Fsp3) is 0.235. The van der Waals surface area contributed by atoms with Gasteiger partial charge in [-0.1, -0.05) is 36.4 Å². The van der Waals surface area contributed by atoms with Crippen LogP contribution in [0.1, 0.15) is 24.1 Å². The van der Waals surface area contributed by atoms with Gasteiger partial charge in [0.1, 0.15) is 17.5 Å². The van der Waals surface area contributed by atoms with E-state index in [0.717, 1.165) is 22.6 Å². The van der Waals surface area contributed by atoms with Gasteiger partial charge in [-0.15, -0.1) is 0 Å². The van der Waals surface area contributed by atoms with Gasteiger partial charge in [-0.3, -0.25) is 9.69 Å². The maximum atomic E-state index is 11.3. The molecule has 3 rings (SSSR count). The number of fused-ring (bicyclic) bond motifs is 2. The van der Waals surface area contributed by atoms with Crippen LogP contribution in [0.5, 0.6) is 11.5 Å². The third kappa shape index (κ3) is 2.28. The molecule has 0 saturated carbocycles. The summed E-state index contributed by atoms with van der Waals surface area (Å²) in [5, 5.41) is 9.31. The van der Waals surface area contributed by atoms with Crippen LogP contribution in [0.2, 0.25) is 0 Å². The van der Waals surface area contributed by atoms with Gasteiger partial charge in [-0.25, -0.2) is 0 Å². The first-order chi connectivity index (χ1) is 10.1. The molecule has 0 amide bonds. The van der Waals surface area contributed by atoms with Crippen molar-refractivity contribution in [3.8, 4) is 11.5 Å². The summed E-state index contributed by atoms with van der Waals surface area (Å²) in [4.78, 5) is 13.2. The van der Waals surface area contributed by atoms with Crippen molar-refractivity contribution >= 4 is 5.97 Å². The first-order valence-electron chi connectivity index (χ1n) is 6.90. The monoisotopic (exact) mass is 283 g/mol. The third-order valence-electron chi connectivity index (χ3n) is 4.02. The average molecular weight is 283 g/mol. The number of likely N-dealkylation sites (N-methyl/N-ethyl adjacent to an activating group) is 1. The fourth-order valence-electron chi connectivity index (χ4n) is 2.72. The molecule has 1 unspecified atom stereocenters. The summed E-state index contributed by atoms with van der Waals surface area (Å²) in [7, 11) is 1.84. The third-order valence-corrected chi connectivity index (χ3v) is 4.02. The van der Waals surface area contributed by atoms with E-state index in [4.69, 9.17) is 4.74 Å². The van der Waals surface area contributed by atoms with E-state index in [2.05, 4.69) is 0 Å². The van der Waals surface area contributed by atoms with Crippen molar-refractivity contribution in [3.63, 3.8) is 0 Å². The van der Waals surface area contributed by atoms with Crippen molar-refractivity contribution in [2.75, 3.05) is 7.05 Å². The summed E-state index contributed by atoms with van der Waals surface area (Å²) in [5.41, 5.74) is 1.98. The maximum Gasteiger partial charge on any atom is 0.320 e. The Morgan fingerprint density at radius 3 is 2.05 bits per heavy atom. The number of rotatable bonds is 3. The number of nitrogens with zero attached hydrogens (tertiary/aromatic N) is 1. The van der Waals surface area contributed by atoms with Gasteiger partial charge in [-0.05, 0) is 26.1 Å². The van der Waals surface area contributed by atoms with Gasteiger partial charge in [0.15, 0.2) is 0 Å². The van der Waals surface area contributed by atoms with Gasteiger partial charge in [-0.2, -0.15) is 0 Å². The van der Waals surface area contributed by atoms with E-state index in [1.807, 2.05) is 60.5 Å². The van der Waals surface area contributed by atoms with E-state index in [9.17, 15) is 9.90 Å². The molecule has 1 aliphatic heterocycles. The van der Waals surface area contributed by atoms with Crippen molar-refractivity contribution in [1.29, 1.82) is 0 Å². The van der Waals surface area contributed by atoms with Crippen molar-refractivity contribution in [1.82, 2.24) is 4.90 Å². The predicted octanol–water partition coefficient (Wildman–Crippen LogP) is 3.29. The second-order valence-electron chi connectivity index (χ2n) is 5.26. The molecule has 0 aromatic heterocycles. The fourth-order valence-corrected chi connectivity index (χ4v) is 2.72. The van der Waals surface area contributed by atoms with Gasteiger partial charge in [0.25, 0.3) is 0 Å². The summed E-state index contributed by atoms with van der Waals surface area (Å²) in [5.74, 6) is 0.732. The summed E-state index contributed by atoms with van der Waals surface area (Å²) >= 11 is 0. The van der Waals surface area contributed by atoms with Crippen LogP contribution < -0.4 is 4.74 Å². The lowest BCUT2D eigenvalue weighted by Crippen LogP contribution is -2.39. The Balaban J connectivity index is 2.12. The normalized spacial score (nSPS) is 15.0. The highest BCUT2D eigenvalue weighted by molar-refractivity contribution is 5.73. The number of carboxylic acid groups (broad SMARTS) is 1. The molecule has 0 aliphatic carbocycles. The predicted molar refractivity (Wildman–Crippen MR) is 79.7 cm³/mol. The molecule has 0 spiro atoms. The quantitative estimate of drug-likeness (QED) is 0.939. The highest BCUT2D eigenvalue weighted by Crippen LogP contribution is 2.45. The minimum atomic E-state index is -0.834. The van der Waals surface area contributed by atoms with Crippen LogP contribution in [0.4, 0.5) is 0 Å². The number of benzene rings is 2. The van der Waals surface area contributed by atoms with Crippen molar-refractivity contribution in [2.45, 2.75) is 19.0 Å². The van der Waals surface area contributed by atoms with Gasteiger partial charge in [0.2, 0.25) is 0 Å². The second kappa shape index (κ2) is 5.22. The second-order valence-corrected chi connectivity index (χ2v) is 5.26. The van der Waals surface area contributed by atoms with Crippen molar-refractivity contribution in [2.24, 2.45) is 0 Å². The molecular weight excluding hydrogens is 266 g/mol. The zero-order chi connectivity index (χ0) is 15.0. The van der Waals surface area contributed by atoms with Crippen LogP contribution in [-0.4, -0.2) is 29.1 Å². The Morgan fingerprint density at radius 1 is 1.10 bits per heavy atom. The van der Waals surface area contributed by atoms with E-state index < -0.39 is 12.0 Å². The van der Waals surface area contributed by atoms with Crippen LogP contribution in [-0.2, 0) is 4.79 Å². The lowest BCUT2D eigenvalue weighted by atomic mass is 9.92. The minimum Gasteiger partial charge on any atom is -0.480 e. The van der Waals surface area contributed by atoms with Gasteiger partial charge < -0.3 is 9.84 Å². The topological polar surface area (TPSA) is 49.8 Å². The molecule has 1 atom stereocenters. The zero-order valence-corrected chi connectivity index (χ0v) is 12.0. The van der Waals surface area contributed by atoms with Crippen LogP contribution in [0.25, 0.3) is 0 Å². The Morgan fingerprint density at radius 2 is 1.57 bits per heavy atom. The van der Waals surface area contributed by atoms with Crippen molar-refractivity contribution in [3.05, 3.63) is 59.7 Å². The molecule has 4 nitrogen and oxygen atoms in total. The van der Waals surface area contributed by atoms with Crippen LogP contribution in [0.3, 0.4) is 0 Å². The van der Waals surface area contributed by atoms with E-state index in [1.165, 1.54) is 0 Å². The standard InChI is InChI=1S/C17H17NO3/c1-11(17(19)20)18(2)16-12-7-3-5-9-14(12)21-15-10-6-4-8-13(15)16/h3-11,16H,1-2H3,(H,19,20). The Hall–Kier alpha value is -2.33. The SMILES string of the molecule is CC(C(=O)O)N(C)C1c2ccccc2Oc2ccccc21. The van der Waals surface area contributed by atoms with Crippen LogP contribution >= 0.6 is 0 Å². The maximum absolute atomic E-state index is 11.3. The molecule has 0 radical (unpaired) electrons. The lowest BCUT2D eigenvalue weighted by Gasteiger charge is -2.36. The average Bonchev–Trinajstić information content (AvgIpc) is 2.51. The molecule has 108 valence electrons. The van der Waals surface area contributed by atoms with E-state index in [-0.39, 0.29) is 6.04 Å². The molecule has 2 aromatic carbocycles. The van der Waals surface area contributed by atoms with Crippen molar-refractivity contribution < 1.29 is 14.6 Å². The molecule has 2 aromatic rings. The number of hydrogen-bond donors (Lipinski definition) is 1. The summed E-state index contributed by atoms with van der Waals surface area (Å²) in [6.07, 6.45) is 0. The molecule has 0 fully saturated rings. The number of carboxylic acids is 1. The number of ether oxygens (including phenoxy) is 1. The van der Waals surface area contributed by atoms with Crippen LogP contribution in [0, 0.1) is 0 Å². The molecule has 1 N–H and O–H groups in total. The Kier molecular flexibility index (Phi) is 3.39. The number of aliphatic carboxylic acids is 1. The van der Waals surface area contributed by atoms with Crippen LogP contribution in [0.15, 0.2) is 48.5 Å². The molecule has 21 heavy (non-hydrogen) atoms. The van der Waals surface area contributed by atoms with Gasteiger partial charge in [0.05, 0.1) is 6.04 Å². The minimum absolute atomic E-state index is 0.128. The zero-order valence-electron chi connectivity index (χ0n) is 12.0. The number of hydrogen-bond acceptors (Lipinski definition) is 3. The first-order valence-corrected chi connectivity index (χ1v) is 6.90. The highest BCUT2D eigenvalue weighted by atomic mass is 16.5. The summed E-state index contributed by atoms with van der Waals surface area (Å²) in [6, 6.07) is 14.8. The first kappa shape index (κ1) is 13.6. The van der Waals surface area contributed by atoms with Gasteiger partial charge in [0, 0.05) is 11.1 Å².